The molecule has 0 aliphatic carbocycles. The van der Waals surface area contributed by atoms with Crippen molar-refractivity contribution in [2.24, 2.45) is 5.92 Å². The van der Waals surface area contributed by atoms with Gasteiger partial charge in [0.2, 0.25) is 0 Å². The van der Waals surface area contributed by atoms with Gasteiger partial charge in [0.15, 0.2) is 0 Å². The van der Waals surface area contributed by atoms with Crippen LogP contribution in [0.2, 0.25) is 0 Å². The zero-order valence-corrected chi connectivity index (χ0v) is 11.6. The van der Waals surface area contributed by atoms with Crippen LogP contribution in [0.5, 0.6) is 0 Å². The van der Waals surface area contributed by atoms with Crippen LogP contribution in [0.25, 0.3) is 0 Å². The number of hydrogen-bond acceptors (Lipinski definition) is 3. The summed E-state index contributed by atoms with van der Waals surface area (Å²) in [6.07, 6.45) is 1.04. The Hall–Kier alpha value is 0.1000. The Morgan fingerprint density at radius 1 is 1.60 bits per heavy atom. The Morgan fingerprint density at radius 3 is 2.80 bits per heavy atom. The Bertz CT molecular complexity index is 286. The predicted octanol–water partition coefficient (Wildman–Crippen LogP) is 2.96. The Balaban J connectivity index is 2.38. The first-order valence-electron chi connectivity index (χ1n) is 5.18. The van der Waals surface area contributed by atoms with Gasteiger partial charge in [-0.25, -0.2) is 0 Å². The fraction of sp³-hybridized carbons (Fsp3) is 0.636. The van der Waals surface area contributed by atoms with E-state index in [1.165, 1.54) is 4.88 Å². The van der Waals surface area contributed by atoms with E-state index in [1.54, 1.807) is 11.3 Å². The lowest BCUT2D eigenvalue weighted by Gasteiger charge is -2.20. The fourth-order valence-corrected chi connectivity index (χ4v) is 3.05. The Morgan fingerprint density at radius 2 is 2.33 bits per heavy atom. The molecular formula is C11H18BrNOS. The molecule has 0 saturated carbocycles. The number of hydrogen-bond donors (Lipinski definition) is 1. The molecule has 0 spiro atoms. The van der Waals surface area contributed by atoms with Gasteiger partial charge in [-0.15, -0.1) is 11.3 Å². The molecule has 0 amide bonds. The van der Waals surface area contributed by atoms with Crippen LogP contribution in [0.15, 0.2) is 15.9 Å². The van der Waals surface area contributed by atoms with Crippen molar-refractivity contribution in [1.29, 1.82) is 0 Å². The minimum absolute atomic E-state index is 0.287. The van der Waals surface area contributed by atoms with E-state index in [2.05, 4.69) is 46.2 Å². The van der Waals surface area contributed by atoms with Crippen molar-refractivity contribution in [3.63, 3.8) is 0 Å². The second-order valence-corrected chi connectivity index (χ2v) is 5.80. The van der Waals surface area contributed by atoms with Gasteiger partial charge < -0.3 is 10.0 Å². The van der Waals surface area contributed by atoms with Crippen molar-refractivity contribution >= 4 is 27.3 Å². The van der Waals surface area contributed by atoms with Gasteiger partial charge in [0.25, 0.3) is 0 Å². The second kappa shape index (κ2) is 6.63. The van der Waals surface area contributed by atoms with Crippen LogP contribution in [0, 0.1) is 5.92 Å². The highest BCUT2D eigenvalue weighted by molar-refractivity contribution is 9.10. The summed E-state index contributed by atoms with van der Waals surface area (Å²) in [4.78, 5) is 3.63. The lowest BCUT2D eigenvalue weighted by molar-refractivity contribution is 0.174. The van der Waals surface area contributed by atoms with E-state index < -0.39 is 0 Å². The molecule has 0 aromatic carbocycles. The standard InChI is InChI=1S/C11H18BrNOS/c1-3-9(7-14)5-13(2)6-11-4-10(12)8-15-11/h4,8-9,14H,3,5-7H2,1-2H3. The Labute approximate surface area is 104 Å². The summed E-state index contributed by atoms with van der Waals surface area (Å²) in [6, 6.07) is 2.15. The molecule has 0 aliphatic rings. The molecule has 0 saturated heterocycles. The summed E-state index contributed by atoms with van der Waals surface area (Å²) in [6.45, 7) is 4.33. The van der Waals surface area contributed by atoms with Crippen molar-refractivity contribution < 1.29 is 5.11 Å². The highest BCUT2D eigenvalue weighted by Gasteiger charge is 2.09. The number of aliphatic hydroxyl groups excluding tert-OH is 1. The molecule has 2 nitrogen and oxygen atoms in total. The molecule has 1 N–H and O–H groups in total. The van der Waals surface area contributed by atoms with Gasteiger partial charge in [-0.2, -0.15) is 0 Å². The topological polar surface area (TPSA) is 23.5 Å². The van der Waals surface area contributed by atoms with Crippen molar-refractivity contribution in [3.05, 3.63) is 20.8 Å². The highest BCUT2D eigenvalue weighted by Crippen LogP contribution is 2.21. The molecule has 0 aliphatic heterocycles. The Kier molecular flexibility index (Phi) is 5.82. The molecule has 0 bridgehead atoms. The van der Waals surface area contributed by atoms with E-state index in [1.807, 2.05) is 0 Å². The largest absolute Gasteiger partial charge is 0.396 e. The van der Waals surface area contributed by atoms with Crippen molar-refractivity contribution in [2.45, 2.75) is 19.9 Å². The third-order valence-corrected chi connectivity index (χ3v) is 4.14. The monoisotopic (exact) mass is 291 g/mol. The van der Waals surface area contributed by atoms with Crippen LogP contribution >= 0.6 is 27.3 Å². The number of nitrogens with zero attached hydrogens (tertiary/aromatic N) is 1. The number of thiophene rings is 1. The SMILES string of the molecule is CCC(CO)CN(C)Cc1cc(Br)cs1. The van der Waals surface area contributed by atoms with Crippen LogP contribution in [0.3, 0.4) is 0 Å². The average Bonchev–Trinajstić information content (AvgIpc) is 2.60. The lowest BCUT2D eigenvalue weighted by atomic mass is 10.1. The van der Waals surface area contributed by atoms with Crippen LogP contribution in [-0.2, 0) is 6.54 Å². The van der Waals surface area contributed by atoms with Gasteiger partial charge >= 0.3 is 0 Å². The average molecular weight is 292 g/mol. The third kappa shape index (κ3) is 4.64. The number of aliphatic hydroxyl groups is 1. The minimum atomic E-state index is 0.287. The van der Waals surface area contributed by atoms with Gasteiger partial charge in [-0.1, -0.05) is 6.92 Å². The molecule has 1 heterocycles. The van der Waals surface area contributed by atoms with E-state index in [9.17, 15) is 0 Å². The van der Waals surface area contributed by atoms with Crippen molar-refractivity contribution in [2.75, 3.05) is 20.2 Å². The molecule has 1 unspecified atom stereocenters. The summed E-state index contributed by atoms with van der Waals surface area (Å²) in [5, 5.41) is 11.2. The molecule has 1 rings (SSSR count). The summed E-state index contributed by atoms with van der Waals surface area (Å²) in [5.41, 5.74) is 0. The summed E-state index contributed by atoms with van der Waals surface area (Å²) >= 11 is 5.22. The maximum absolute atomic E-state index is 9.11. The van der Waals surface area contributed by atoms with Crippen LogP contribution in [-0.4, -0.2) is 30.2 Å². The van der Waals surface area contributed by atoms with E-state index in [4.69, 9.17) is 5.11 Å². The highest BCUT2D eigenvalue weighted by atomic mass is 79.9. The van der Waals surface area contributed by atoms with Gasteiger partial charge in [-0.3, -0.25) is 0 Å². The molecule has 0 radical (unpaired) electrons. The second-order valence-electron chi connectivity index (χ2n) is 3.88. The molecule has 1 atom stereocenters. The van der Waals surface area contributed by atoms with Crippen LogP contribution < -0.4 is 0 Å². The summed E-state index contributed by atoms with van der Waals surface area (Å²) in [5.74, 6) is 0.401. The smallest absolute Gasteiger partial charge is 0.0471 e. The summed E-state index contributed by atoms with van der Waals surface area (Å²) < 4.78 is 1.16. The number of rotatable bonds is 6. The molecule has 1 aromatic rings. The molecule has 15 heavy (non-hydrogen) atoms. The molecule has 4 heteroatoms. The van der Waals surface area contributed by atoms with Gasteiger partial charge in [0.05, 0.1) is 0 Å². The summed E-state index contributed by atoms with van der Waals surface area (Å²) in [7, 11) is 2.10. The van der Waals surface area contributed by atoms with Crippen molar-refractivity contribution in [3.8, 4) is 0 Å². The minimum Gasteiger partial charge on any atom is -0.396 e. The van der Waals surface area contributed by atoms with Gasteiger partial charge in [0, 0.05) is 34.4 Å². The molecule has 0 fully saturated rings. The normalized spacial score (nSPS) is 13.4. The molecule has 86 valence electrons. The van der Waals surface area contributed by atoms with Crippen molar-refractivity contribution in [1.82, 2.24) is 4.90 Å². The zero-order valence-electron chi connectivity index (χ0n) is 9.24. The third-order valence-electron chi connectivity index (χ3n) is 2.45. The molecular weight excluding hydrogens is 274 g/mol. The van der Waals surface area contributed by atoms with E-state index in [0.717, 1.165) is 24.0 Å². The first-order chi connectivity index (χ1) is 7.15. The quantitative estimate of drug-likeness (QED) is 0.871. The first kappa shape index (κ1) is 13.2. The fourth-order valence-electron chi connectivity index (χ4n) is 1.52. The lowest BCUT2D eigenvalue weighted by Crippen LogP contribution is -2.26. The van der Waals surface area contributed by atoms with E-state index in [-0.39, 0.29) is 6.61 Å². The van der Waals surface area contributed by atoms with Crippen LogP contribution in [0.4, 0.5) is 0 Å². The van der Waals surface area contributed by atoms with E-state index in [0.29, 0.717) is 5.92 Å². The van der Waals surface area contributed by atoms with Crippen LogP contribution in [0.1, 0.15) is 18.2 Å². The zero-order chi connectivity index (χ0) is 11.3. The van der Waals surface area contributed by atoms with E-state index >= 15 is 0 Å². The predicted molar refractivity (Wildman–Crippen MR) is 69.2 cm³/mol. The maximum Gasteiger partial charge on any atom is 0.0471 e. The van der Waals surface area contributed by atoms with Gasteiger partial charge in [-0.05, 0) is 41.4 Å². The maximum atomic E-state index is 9.11. The first-order valence-corrected chi connectivity index (χ1v) is 6.85. The van der Waals surface area contributed by atoms with Gasteiger partial charge in [0.1, 0.15) is 0 Å². The number of halogens is 1. The molecule has 1 aromatic heterocycles.